The summed E-state index contributed by atoms with van der Waals surface area (Å²) in [5, 5.41) is 2.54. The van der Waals surface area contributed by atoms with E-state index in [1.165, 1.54) is 0 Å². The van der Waals surface area contributed by atoms with Crippen LogP contribution in [0.2, 0.25) is 0 Å². The maximum atomic E-state index is 11.2. The summed E-state index contributed by atoms with van der Waals surface area (Å²) in [5.74, 6) is 5.61. The van der Waals surface area contributed by atoms with E-state index in [0.29, 0.717) is 0 Å². The van der Waals surface area contributed by atoms with Gasteiger partial charge < -0.3 is 14.5 Å². The lowest BCUT2D eigenvalue weighted by atomic mass is 10.2. The summed E-state index contributed by atoms with van der Waals surface area (Å²) in [7, 11) is 0. The Kier molecular flexibility index (Phi) is 4.01. The van der Waals surface area contributed by atoms with Crippen LogP contribution in [0.5, 0.6) is 0 Å². The van der Waals surface area contributed by atoms with E-state index in [9.17, 15) is 4.79 Å². The minimum absolute atomic E-state index is 0.250. The molecule has 0 atom stereocenters. The van der Waals surface area contributed by atoms with Crippen LogP contribution in [-0.4, -0.2) is 18.2 Å². The number of carbonyl (C=O) groups is 1. The maximum absolute atomic E-state index is 11.2. The average Bonchev–Trinajstić information content (AvgIpc) is 2.62. The molecule has 16 heavy (non-hydrogen) atoms. The third-order valence-corrected chi connectivity index (χ3v) is 1.47. The molecular formula is C12H15NO3. The Hall–Kier alpha value is -1.89. The Morgan fingerprint density at radius 1 is 1.56 bits per heavy atom. The molecular weight excluding hydrogens is 206 g/mol. The van der Waals surface area contributed by atoms with Gasteiger partial charge in [0.2, 0.25) is 0 Å². The second-order valence-corrected chi connectivity index (χ2v) is 4.17. The van der Waals surface area contributed by atoms with E-state index in [0.717, 1.165) is 5.56 Å². The van der Waals surface area contributed by atoms with E-state index in [-0.39, 0.29) is 6.54 Å². The highest BCUT2D eigenvalue weighted by Gasteiger charge is 2.14. The quantitative estimate of drug-likeness (QED) is 0.739. The highest BCUT2D eigenvalue weighted by molar-refractivity contribution is 5.68. The molecule has 1 rings (SSSR count). The van der Waals surface area contributed by atoms with Gasteiger partial charge in [-0.1, -0.05) is 11.8 Å². The Morgan fingerprint density at radius 3 is 2.88 bits per heavy atom. The number of alkyl carbamates (subject to hydrolysis) is 1. The van der Waals surface area contributed by atoms with Crippen LogP contribution >= 0.6 is 0 Å². The molecule has 0 fully saturated rings. The van der Waals surface area contributed by atoms with Gasteiger partial charge in [-0.15, -0.1) is 0 Å². The Labute approximate surface area is 95.0 Å². The van der Waals surface area contributed by atoms with Crippen molar-refractivity contribution in [1.29, 1.82) is 0 Å². The average molecular weight is 221 g/mol. The Balaban J connectivity index is 2.28. The monoisotopic (exact) mass is 221 g/mol. The molecule has 1 aromatic heterocycles. The fraction of sp³-hybridized carbons (Fsp3) is 0.417. The minimum atomic E-state index is -0.484. The van der Waals surface area contributed by atoms with Crippen LogP contribution in [0.15, 0.2) is 23.0 Å². The van der Waals surface area contributed by atoms with Gasteiger partial charge in [-0.2, -0.15) is 0 Å². The standard InChI is InChI=1S/C12H15NO3/c1-12(2,3)16-11(14)13-7-4-5-10-6-8-15-9-10/h6,8-9H,7H2,1-3H3,(H,13,14). The lowest BCUT2D eigenvalue weighted by Crippen LogP contribution is -2.32. The van der Waals surface area contributed by atoms with Gasteiger partial charge in [0.25, 0.3) is 0 Å². The maximum Gasteiger partial charge on any atom is 0.408 e. The molecule has 0 unspecified atom stereocenters. The second kappa shape index (κ2) is 5.26. The molecule has 1 N–H and O–H groups in total. The van der Waals surface area contributed by atoms with Gasteiger partial charge >= 0.3 is 6.09 Å². The number of hydrogen-bond donors (Lipinski definition) is 1. The first kappa shape index (κ1) is 12.2. The van der Waals surface area contributed by atoms with Gasteiger partial charge in [-0.05, 0) is 26.8 Å². The van der Waals surface area contributed by atoms with Crippen molar-refractivity contribution in [3.63, 3.8) is 0 Å². The van der Waals surface area contributed by atoms with Crippen molar-refractivity contribution in [2.24, 2.45) is 0 Å². The molecule has 1 amide bonds. The number of ether oxygens (including phenoxy) is 1. The molecule has 0 radical (unpaired) electrons. The first-order valence-corrected chi connectivity index (χ1v) is 4.95. The molecule has 0 saturated carbocycles. The summed E-state index contributed by atoms with van der Waals surface area (Å²) in [6.45, 7) is 5.68. The molecule has 1 aromatic rings. The summed E-state index contributed by atoms with van der Waals surface area (Å²) in [5.41, 5.74) is 0.299. The smallest absolute Gasteiger partial charge is 0.408 e. The summed E-state index contributed by atoms with van der Waals surface area (Å²) < 4.78 is 9.88. The number of nitrogens with one attached hydrogen (secondary N) is 1. The molecule has 1 heterocycles. The third-order valence-electron chi connectivity index (χ3n) is 1.47. The van der Waals surface area contributed by atoms with E-state index < -0.39 is 11.7 Å². The highest BCUT2D eigenvalue weighted by Crippen LogP contribution is 2.05. The van der Waals surface area contributed by atoms with Crippen LogP contribution in [0, 0.1) is 11.8 Å². The van der Waals surface area contributed by atoms with Gasteiger partial charge in [-0.3, -0.25) is 0 Å². The molecule has 0 saturated heterocycles. The van der Waals surface area contributed by atoms with Crippen molar-refractivity contribution in [1.82, 2.24) is 5.32 Å². The predicted octanol–water partition coefficient (Wildman–Crippen LogP) is 2.16. The van der Waals surface area contributed by atoms with Crippen molar-refractivity contribution in [2.75, 3.05) is 6.54 Å². The van der Waals surface area contributed by atoms with Crippen LogP contribution < -0.4 is 5.32 Å². The summed E-state index contributed by atoms with van der Waals surface area (Å²) >= 11 is 0. The first-order chi connectivity index (χ1) is 7.47. The van der Waals surface area contributed by atoms with Crippen molar-refractivity contribution >= 4 is 6.09 Å². The zero-order valence-electron chi connectivity index (χ0n) is 9.66. The van der Waals surface area contributed by atoms with Crippen molar-refractivity contribution < 1.29 is 13.9 Å². The van der Waals surface area contributed by atoms with Gasteiger partial charge in [0, 0.05) is 0 Å². The van der Waals surface area contributed by atoms with Gasteiger partial charge in [0.05, 0.1) is 18.4 Å². The predicted molar refractivity (Wildman–Crippen MR) is 59.8 cm³/mol. The van der Waals surface area contributed by atoms with E-state index in [2.05, 4.69) is 17.2 Å². The topological polar surface area (TPSA) is 51.5 Å². The van der Waals surface area contributed by atoms with Crippen molar-refractivity contribution in [2.45, 2.75) is 26.4 Å². The zero-order valence-corrected chi connectivity index (χ0v) is 9.66. The third kappa shape index (κ3) is 5.11. The van der Waals surface area contributed by atoms with Crippen LogP contribution in [0.3, 0.4) is 0 Å². The number of rotatable bonds is 1. The van der Waals surface area contributed by atoms with Crippen molar-refractivity contribution in [3.05, 3.63) is 24.2 Å². The fourth-order valence-electron chi connectivity index (χ4n) is 0.912. The Bertz CT molecular complexity index is 390. The normalized spacial score (nSPS) is 10.2. The fourth-order valence-corrected chi connectivity index (χ4v) is 0.912. The first-order valence-electron chi connectivity index (χ1n) is 4.95. The SMILES string of the molecule is CC(C)(C)OC(=O)NCC#Cc1ccoc1. The van der Waals surface area contributed by atoms with Gasteiger partial charge in [-0.25, -0.2) is 4.79 Å². The lowest BCUT2D eigenvalue weighted by Gasteiger charge is -2.18. The largest absolute Gasteiger partial charge is 0.471 e. The van der Waals surface area contributed by atoms with E-state index in [4.69, 9.17) is 9.15 Å². The second-order valence-electron chi connectivity index (χ2n) is 4.17. The van der Waals surface area contributed by atoms with Crippen LogP contribution in [-0.2, 0) is 4.74 Å². The molecule has 0 aliphatic heterocycles. The number of amides is 1. The van der Waals surface area contributed by atoms with Crippen molar-refractivity contribution in [3.8, 4) is 11.8 Å². The van der Waals surface area contributed by atoms with Crippen LogP contribution in [0.1, 0.15) is 26.3 Å². The van der Waals surface area contributed by atoms with Gasteiger partial charge in [0.15, 0.2) is 0 Å². The molecule has 0 aliphatic carbocycles. The molecule has 0 aromatic carbocycles. The van der Waals surface area contributed by atoms with Crippen LogP contribution in [0.25, 0.3) is 0 Å². The molecule has 4 nitrogen and oxygen atoms in total. The summed E-state index contributed by atoms with van der Waals surface area (Å²) in [6.07, 6.45) is 2.63. The molecule has 0 bridgehead atoms. The van der Waals surface area contributed by atoms with Crippen LogP contribution in [0.4, 0.5) is 4.79 Å². The lowest BCUT2D eigenvalue weighted by molar-refractivity contribution is 0.0535. The van der Waals surface area contributed by atoms with E-state index in [1.807, 2.05) is 20.8 Å². The minimum Gasteiger partial charge on any atom is -0.471 e. The summed E-state index contributed by atoms with van der Waals surface area (Å²) in [4.78, 5) is 11.2. The molecule has 4 heteroatoms. The summed E-state index contributed by atoms with van der Waals surface area (Å²) in [6, 6.07) is 1.75. The molecule has 86 valence electrons. The van der Waals surface area contributed by atoms with Gasteiger partial charge in [0.1, 0.15) is 11.9 Å². The Morgan fingerprint density at radius 2 is 2.31 bits per heavy atom. The zero-order chi connectivity index (χ0) is 12.0. The van der Waals surface area contributed by atoms with E-state index in [1.54, 1.807) is 18.6 Å². The number of furan rings is 1. The number of carbonyl (C=O) groups excluding carboxylic acids is 1. The number of hydrogen-bond acceptors (Lipinski definition) is 3. The van der Waals surface area contributed by atoms with E-state index >= 15 is 0 Å². The molecule has 0 aliphatic rings. The molecule has 0 spiro atoms. The highest BCUT2D eigenvalue weighted by atomic mass is 16.6.